The molecule has 1 spiro atoms. The van der Waals surface area contributed by atoms with Crippen LogP contribution in [0.3, 0.4) is 0 Å². The fourth-order valence-electron chi connectivity index (χ4n) is 10.7. The van der Waals surface area contributed by atoms with Gasteiger partial charge in [-0.2, -0.15) is 9.61 Å². The van der Waals surface area contributed by atoms with Gasteiger partial charge in [0.05, 0.1) is 35.5 Å². The number of carbonyl (C=O) groups is 4. The van der Waals surface area contributed by atoms with Crippen molar-refractivity contribution >= 4 is 64.0 Å². The van der Waals surface area contributed by atoms with E-state index in [9.17, 15) is 23.6 Å². The van der Waals surface area contributed by atoms with Gasteiger partial charge in [0, 0.05) is 76.5 Å². The number of aromatic nitrogens is 3. The maximum absolute atomic E-state index is 16.2. The number of likely N-dealkylation sites (tertiary alicyclic amines) is 3. The van der Waals surface area contributed by atoms with Gasteiger partial charge in [-0.05, 0) is 98.8 Å². The zero-order chi connectivity index (χ0) is 45.4. The van der Waals surface area contributed by atoms with Gasteiger partial charge in [-0.1, -0.05) is 23.7 Å². The van der Waals surface area contributed by atoms with Gasteiger partial charge in [0.2, 0.25) is 5.91 Å². The fraction of sp³-hybridized carbons (Fsp3) is 0.522. The first-order chi connectivity index (χ1) is 31.2. The van der Waals surface area contributed by atoms with Crippen molar-refractivity contribution in [2.24, 2.45) is 5.41 Å². The molecule has 0 bridgehead atoms. The summed E-state index contributed by atoms with van der Waals surface area (Å²) >= 11 is 6.59. The first-order valence-electron chi connectivity index (χ1n) is 22.7. The van der Waals surface area contributed by atoms with Crippen LogP contribution < -0.4 is 25.8 Å². The Balaban J connectivity index is 0.750. The number of benzene rings is 2. The van der Waals surface area contributed by atoms with Crippen LogP contribution >= 0.6 is 11.6 Å². The van der Waals surface area contributed by atoms with Crippen LogP contribution in [0.2, 0.25) is 5.02 Å². The second-order valence-corrected chi connectivity index (χ2v) is 19.1. The molecule has 2 unspecified atom stereocenters. The number of rotatable bonds is 9. The Bertz CT molecular complexity index is 2570. The standard InChI is InChI=1S/C46H53ClF3N11O4/c1-27-20-29(21-35(40(27)47)60-15-8-39(62)55-44(60)65)43(64)58-18-11-45(12-19-58)9-16-57(17-10-45)36-7-13-56(26-46(36,49)50)25-28-4-3-5-34-30(28)6-14-59(34)38-23-37(51-2)61-41(54-38)31(24-52-61)42(63)53-33-22-32(33)48/h3-5,20-21,23-24,32-33,36,51H,6-19,22,25-26H2,1-2H3,(H,53,63)(H,55,62,65)/t32-,33?,36?/m0/s1. The van der Waals surface area contributed by atoms with Crippen LogP contribution in [-0.4, -0.2) is 137 Å². The van der Waals surface area contributed by atoms with E-state index < -0.39 is 36.1 Å². The number of halogens is 4. The summed E-state index contributed by atoms with van der Waals surface area (Å²) < 4.78 is 47.6. The van der Waals surface area contributed by atoms with Crippen LogP contribution in [0.15, 0.2) is 42.6 Å². The van der Waals surface area contributed by atoms with Gasteiger partial charge in [0.25, 0.3) is 17.7 Å². The number of aryl methyl sites for hydroxylation is 1. The van der Waals surface area contributed by atoms with E-state index in [4.69, 9.17) is 16.6 Å². The molecule has 6 aliphatic rings. The predicted molar refractivity (Wildman–Crippen MR) is 239 cm³/mol. The molecule has 19 heteroatoms. The minimum atomic E-state index is -2.90. The second kappa shape index (κ2) is 16.8. The van der Waals surface area contributed by atoms with E-state index in [2.05, 4.69) is 25.9 Å². The van der Waals surface area contributed by atoms with Gasteiger partial charge in [0.15, 0.2) is 5.65 Å². The van der Waals surface area contributed by atoms with Crippen molar-refractivity contribution in [3.05, 3.63) is 75.4 Å². The van der Waals surface area contributed by atoms with Gasteiger partial charge in [-0.3, -0.25) is 34.4 Å². The van der Waals surface area contributed by atoms with E-state index in [0.717, 1.165) is 42.5 Å². The summed E-state index contributed by atoms with van der Waals surface area (Å²) in [5.74, 6) is -2.58. The summed E-state index contributed by atoms with van der Waals surface area (Å²) in [5.41, 5.74) is 5.13. The summed E-state index contributed by atoms with van der Waals surface area (Å²) in [5, 5.41) is 12.9. The normalized spacial score (nSPS) is 24.3. The highest BCUT2D eigenvalue weighted by Crippen LogP contribution is 2.45. The number of urea groups is 1. The Labute approximate surface area is 379 Å². The average molecular weight is 916 g/mol. The number of carbonyl (C=O) groups excluding carboxylic acids is 4. The van der Waals surface area contributed by atoms with E-state index in [0.29, 0.717) is 104 Å². The van der Waals surface area contributed by atoms with E-state index >= 15 is 8.78 Å². The number of nitrogens with one attached hydrogen (secondary N) is 3. The van der Waals surface area contributed by atoms with Crippen molar-refractivity contribution in [3.8, 4) is 0 Å². The Hall–Kier alpha value is -5.46. The maximum Gasteiger partial charge on any atom is 0.328 e. The smallest absolute Gasteiger partial charge is 0.328 e. The molecule has 2 aromatic carbocycles. The molecule has 3 atom stereocenters. The van der Waals surface area contributed by atoms with Crippen molar-refractivity contribution in [1.82, 2.24) is 39.9 Å². The third kappa shape index (κ3) is 8.15. The lowest BCUT2D eigenvalue weighted by molar-refractivity contribution is -0.139. The summed E-state index contributed by atoms with van der Waals surface area (Å²) in [7, 11) is 1.76. The summed E-state index contributed by atoms with van der Waals surface area (Å²) in [6.07, 6.45) is 5.11. The minimum Gasteiger partial charge on any atom is -0.373 e. The van der Waals surface area contributed by atoms with Gasteiger partial charge < -0.3 is 20.4 Å². The van der Waals surface area contributed by atoms with Crippen LogP contribution in [-0.2, 0) is 17.8 Å². The van der Waals surface area contributed by atoms with Gasteiger partial charge in [-0.25, -0.2) is 22.9 Å². The SMILES string of the molecule is CNc1cc(N2CCc3c(CN4CCC(N5CCC6(CCN(C(=O)c7cc(C)c(Cl)c(N8CCC(=O)NC8=O)c7)CC6)CC5)C(F)(F)C4)cccc32)nc2c(C(=O)NC3C[C@@H]3F)cnn12. The van der Waals surface area contributed by atoms with Crippen LogP contribution in [0.4, 0.5) is 41.0 Å². The molecule has 4 aromatic rings. The van der Waals surface area contributed by atoms with Crippen LogP contribution in [0.25, 0.3) is 5.65 Å². The number of piperidine rings is 3. The number of alkyl halides is 3. The lowest BCUT2D eigenvalue weighted by Gasteiger charge is -2.51. The average Bonchev–Trinajstić information content (AvgIpc) is 3.59. The summed E-state index contributed by atoms with van der Waals surface area (Å²) in [6, 6.07) is 9.33. The Kier molecular flexibility index (Phi) is 11.2. The molecule has 5 amide bonds. The number of fused-ring (bicyclic) bond motifs is 2. The molecular weight excluding hydrogens is 863 g/mol. The highest BCUT2D eigenvalue weighted by atomic mass is 35.5. The van der Waals surface area contributed by atoms with Crippen LogP contribution in [0.1, 0.15) is 82.4 Å². The van der Waals surface area contributed by atoms with E-state index in [1.54, 1.807) is 30.6 Å². The van der Waals surface area contributed by atoms with E-state index in [1.165, 1.54) is 11.1 Å². The van der Waals surface area contributed by atoms with Crippen molar-refractivity contribution < 1.29 is 32.3 Å². The van der Waals surface area contributed by atoms with Crippen LogP contribution in [0, 0.1) is 12.3 Å². The molecule has 2 aromatic heterocycles. The largest absolute Gasteiger partial charge is 0.373 e. The minimum absolute atomic E-state index is 0.00750. The quantitative estimate of drug-likeness (QED) is 0.184. The first-order valence-corrected chi connectivity index (χ1v) is 23.0. The van der Waals surface area contributed by atoms with Gasteiger partial charge in [-0.15, -0.1) is 0 Å². The molecule has 7 heterocycles. The molecule has 0 radical (unpaired) electrons. The highest BCUT2D eigenvalue weighted by Gasteiger charge is 2.50. The molecular formula is C46H53ClF3N11O4. The maximum atomic E-state index is 16.2. The molecule has 344 valence electrons. The van der Waals surface area contributed by atoms with Crippen molar-refractivity contribution in [1.29, 1.82) is 0 Å². The lowest BCUT2D eigenvalue weighted by atomic mass is 9.70. The number of hydrogen-bond acceptors (Lipinski definition) is 10. The van der Waals surface area contributed by atoms with Crippen LogP contribution in [0.5, 0.6) is 0 Å². The molecule has 65 heavy (non-hydrogen) atoms. The molecule has 5 fully saturated rings. The zero-order valence-corrected chi connectivity index (χ0v) is 37.3. The Morgan fingerprint density at radius 2 is 1.69 bits per heavy atom. The van der Waals surface area contributed by atoms with Crippen molar-refractivity contribution in [2.45, 2.75) is 89.0 Å². The number of hydrogen-bond donors (Lipinski definition) is 3. The third-order valence-corrected chi connectivity index (χ3v) is 15.2. The lowest BCUT2D eigenvalue weighted by Crippen LogP contribution is -2.60. The molecule has 5 aliphatic heterocycles. The third-order valence-electron chi connectivity index (χ3n) is 14.7. The molecule has 4 saturated heterocycles. The monoisotopic (exact) mass is 915 g/mol. The number of anilines is 4. The fourth-order valence-corrected chi connectivity index (χ4v) is 11.0. The van der Waals surface area contributed by atoms with Crippen molar-refractivity contribution in [2.75, 3.05) is 74.5 Å². The van der Waals surface area contributed by atoms with E-state index in [-0.39, 0.29) is 42.3 Å². The molecule has 1 saturated carbocycles. The molecule has 15 nitrogen and oxygen atoms in total. The Morgan fingerprint density at radius 3 is 2.40 bits per heavy atom. The molecule has 10 rings (SSSR count). The zero-order valence-electron chi connectivity index (χ0n) is 36.5. The van der Waals surface area contributed by atoms with E-state index in [1.807, 2.05) is 39.0 Å². The number of amides is 5. The van der Waals surface area contributed by atoms with Gasteiger partial charge >= 0.3 is 6.03 Å². The second-order valence-electron chi connectivity index (χ2n) is 18.7. The topological polar surface area (TPSA) is 151 Å². The molecule has 3 N–H and O–H groups in total. The van der Waals surface area contributed by atoms with Gasteiger partial charge in [0.1, 0.15) is 23.4 Å². The molecule has 1 aliphatic carbocycles. The summed E-state index contributed by atoms with van der Waals surface area (Å²) in [6.45, 7) is 5.52. The first kappa shape index (κ1) is 43.4. The highest BCUT2D eigenvalue weighted by molar-refractivity contribution is 6.35. The predicted octanol–water partition coefficient (Wildman–Crippen LogP) is 5.94. The Morgan fingerprint density at radius 1 is 0.954 bits per heavy atom. The number of nitrogens with zero attached hydrogens (tertiary/aromatic N) is 8. The number of imide groups is 1. The summed E-state index contributed by atoms with van der Waals surface area (Å²) in [4.78, 5) is 65.2. The van der Waals surface area contributed by atoms with Crippen molar-refractivity contribution in [3.63, 3.8) is 0 Å².